The van der Waals surface area contributed by atoms with Gasteiger partial charge in [-0.15, -0.1) is 0 Å². The number of hydroxylamine groups is 2. The zero-order valence-corrected chi connectivity index (χ0v) is 14.9. The smallest absolute Gasteiger partial charge is 0.0790 e. The summed E-state index contributed by atoms with van der Waals surface area (Å²) in [5, 5.41) is 1.99. The molecule has 2 heteroatoms. The Bertz CT molecular complexity index is 352. The highest BCUT2D eigenvalue weighted by molar-refractivity contribution is 5.13. The number of rotatable bonds is 13. The maximum absolute atomic E-state index is 6.08. The normalized spacial score (nSPS) is 12.7. The fourth-order valence-electron chi connectivity index (χ4n) is 2.79. The van der Waals surface area contributed by atoms with Gasteiger partial charge in [-0.1, -0.05) is 89.1 Å². The van der Waals surface area contributed by atoms with E-state index in [1.807, 2.05) is 12.1 Å². The van der Waals surface area contributed by atoms with E-state index in [1.54, 1.807) is 0 Å². The van der Waals surface area contributed by atoms with Gasteiger partial charge in [0.2, 0.25) is 0 Å². The molecule has 0 bridgehead atoms. The van der Waals surface area contributed by atoms with Crippen molar-refractivity contribution >= 4 is 0 Å². The highest BCUT2D eigenvalue weighted by Crippen LogP contribution is 2.15. The SMILES string of the molecule is CCCCCCCCCC(CC)ON(C)Cc1ccccc1. The summed E-state index contributed by atoms with van der Waals surface area (Å²) in [5.74, 6) is 0. The van der Waals surface area contributed by atoms with E-state index in [0.717, 1.165) is 13.0 Å². The van der Waals surface area contributed by atoms with Crippen LogP contribution in [0.4, 0.5) is 0 Å². The molecule has 22 heavy (non-hydrogen) atoms. The summed E-state index contributed by atoms with van der Waals surface area (Å²) in [6.45, 7) is 5.35. The van der Waals surface area contributed by atoms with E-state index in [0.29, 0.717) is 6.10 Å². The van der Waals surface area contributed by atoms with Crippen molar-refractivity contribution in [1.82, 2.24) is 5.06 Å². The Hall–Kier alpha value is -0.860. The van der Waals surface area contributed by atoms with E-state index in [4.69, 9.17) is 4.84 Å². The van der Waals surface area contributed by atoms with Gasteiger partial charge in [-0.3, -0.25) is 4.84 Å². The van der Waals surface area contributed by atoms with Crippen LogP contribution in [0.5, 0.6) is 0 Å². The van der Waals surface area contributed by atoms with Crippen LogP contribution >= 0.6 is 0 Å². The summed E-state index contributed by atoms with van der Waals surface area (Å²) >= 11 is 0. The van der Waals surface area contributed by atoms with E-state index >= 15 is 0 Å². The Morgan fingerprint density at radius 1 is 0.909 bits per heavy atom. The van der Waals surface area contributed by atoms with Gasteiger partial charge in [0.15, 0.2) is 0 Å². The fraction of sp³-hybridized carbons (Fsp3) is 0.700. The first-order valence-electron chi connectivity index (χ1n) is 9.18. The van der Waals surface area contributed by atoms with Gasteiger partial charge in [-0.25, -0.2) is 0 Å². The Morgan fingerprint density at radius 2 is 1.55 bits per heavy atom. The molecule has 1 unspecified atom stereocenters. The van der Waals surface area contributed by atoms with Gasteiger partial charge in [0, 0.05) is 13.6 Å². The summed E-state index contributed by atoms with van der Waals surface area (Å²) in [6.07, 6.45) is 12.2. The van der Waals surface area contributed by atoms with Crippen LogP contribution in [0.1, 0.15) is 77.2 Å². The third kappa shape index (κ3) is 9.22. The first-order chi connectivity index (χ1) is 10.8. The van der Waals surface area contributed by atoms with Crippen molar-refractivity contribution in [2.75, 3.05) is 7.05 Å². The van der Waals surface area contributed by atoms with Crippen LogP contribution in [0.3, 0.4) is 0 Å². The van der Waals surface area contributed by atoms with Crippen molar-refractivity contribution in [3.8, 4) is 0 Å². The molecule has 0 spiro atoms. The van der Waals surface area contributed by atoms with Gasteiger partial charge in [0.05, 0.1) is 6.10 Å². The minimum Gasteiger partial charge on any atom is -0.296 e. The summed E-state index contributed by atoms with van der Waals surface area (Å²) in [6, 6.07) is 10.5. The lowest BCUT2D eigenvalue weighted by atomic mass is 10.1. The monoisotopic (exact) mass is 305 g/mol. The van der Waals surface area contributed by atoms with Gasteiger partial charge < -0.3 is 0 Å². The van der Waals surface area contributed by atoms with Crippen molar-refractivity contribution in [3.63, 3.8) is 0 Å². The second kappa shape index (κ2) is 12.7. The number of nitrogens with zero attached hydrogens (tertiary/aromatic N) is 1. The zero-order chi connectivity index (χ0) is 16.0. The molecule has 0 aliphatic rings. The molecular formula is C20H35NO. The number of unbranched alkanes of at least 4 members (excludes halogenated alkanes) is 6. The molecule has 0 N–H and O–H groups in total. The van der Waals surface area contributed by atoms with Crippen LogP contribution in [0.25, 0.3) is 0 Å². The second-order valence-electron chi connectivity index (χ2n) is 6.32. The molecule has 0 fully saturated rings. The van der Waals surface area contributed by atoms with Crippen molar-refractivity contribution in [2.24, 2.45) is 0 Å². The van der Waals surface area contributed by atoms with E-state index < -0.39 is 0 Å². The number of benzene rings is 1. The van der Waals surface area contributed by atoms with Gasteiger partial charge in [0.25, 0.3) is 0 Å². The van der Waals surface area contributed by atoms with Crippen LogP contribution in [-0.4, -0.2) is 18.2 Å². The predicted octanol–water partition coefficient (Wildman–Crippen LogP) is 5.97. The summed E-state index contributed by atoms with van der Waals surface area (Å²) in [7, 11) is 2.04. The third-order valence-corrected chi connectivity index (χ3v) is 4.16. The molecule has 0 amide bonds. The Balaban J connectivity index is 2.13. The molecule has 1 atom stereocenters. The lowest BCUT2D eigenvalue weighted by molar-refractivity contribution is -0.190. The Kier molecular flexibility index (Phi) is 11.0. The van der Waals surface area contributed by atoms with Crippen LogP contribution in [0, 0.1) is 0 Å². The van der Waals surface area contributed by atoms with Gasteiger partial charge in [-0.2, -0.15) is 5.06 Å². The van der Waals surface area contributed by atoms with Crippen molar-refractivity contribution in [3.05, 3.63) is 35.9 Å². The number of hydrogen-bond acceptors (Lipinski definition) is 2. The standard InChI is InChI=1S/C20H35NO/c1-4-6-7-8-9-10-14-17-20(5-2)22-21(3)18-19-15-12-11-13-16-19/h11-13,15-16,20H,4-10,14,17-18H2,1-3H3. The largest absolute Gasteiger partial charge is 0.296 e. The molecule has 126 valence electrons. The molecule has 0 saturated carbocycles. The Morgan fingerprint density at radius 3 is 2.18 bits per heavy atom. The fourth-order valence-corrected chi connectivity index (χ4v) is 2.79. The van der Waals surface area contributed by atoms with Crippen molar-refractivity contribution in [2.45, 2.75) is 84.3 Å². The lowest BCUT2D eigenvalue weighted by Gasteiger charge is -2.23. The molecule has 0 saturated heterocycles. The molecule has 1 aromatic rings. The van der Waals surface area contributed by atoms with Crippen LogP contribution in [0.2, 0.25) is 0 Å². The molecule has 0 aliphatic heterocycles. The maximum Gasteiger partial charge on any atom is 0.0790 e. The highest BCUT2D eigenvalue weighted by Gasteiger charge is 2.10. The van der Waals surface area contributed by atoms with Crippen molar-refractivity contribution in [1.29, 1.82) is 0 Å². The molecular weight excluding hydrogens is 270 g/mol. The van der Waals surface area contributed by atoms with Gasteiger partial charge in [0.1, 0.15) is 0 Å². The average Bonchev–Trinajstić information content (AvgIpc) is 2.53. The second-order valence-corrected chi connectivity index (χ2v) is 6.32. The van der Waals surface area contributed by atoms with Crippen LogP contribution < -0.4 is 0 Å². The van der Waals surface area contributed by atoms with Crippen LogP contribution in [-0.2, 0) is 11.4 Å². The molecule has 0 aromatic heterocycles. The average molecular weight is 306 g/mol. The van der Waals surface area contributed by atoms with E-state index in [2.05, 4.69) is 44.2 Å². The first kappa shape index (κ1) is 19.2. The van der Waals surface area contributed by atoms with E-state index in [-0.39, 0.29) is 0 Å². The summed E-state index contributed by atoms with van der Waals surface area (Å²) in [5.41, 5.74) is 1.30. The molecule has 0 radical (unpaired) electrons. The molecule has 2 nitrogen and oxygen atoms in total. The summed E-state index contributed by atoms with van der Waals surface area (Å²) in [4.78, 5) is 6.08. The zero-order valence-electron chi connectivity index (χ0n) is 14.9. The third-order valence-electron chi connectivity index (χ3n) is 4.16. The molecule has 1 rings (SSSR count). The van der Waals surface area contributed by atoms with E-state index in [1.165, 1.54) is 56.9 Å². The minimum absolute atomic E-state index is 0.365. The Labute approximate surface area is 137 Å². The van der Waals surface area contributed by atoms with Gasteiger partial charge in [-0.05, 0) is 18.4 Å². The van der Waals surface area contributed by atoms with E-state index in [9.17, 15) is 0 Å². The molecule has 0 heterocycles. The lowest BCUT2D eigenvalue weighted by Crippen LogP contribution is -2.25. The number of hydrogen-bond donors (Lipinski definition) is 0. The molecule has 1 aromatic carbocycles. The molecule has 0 aliphatic carbocycles. The predicted molar refractivity (Wildman–Crippen MR) is 95.7 cm³/mol. The van der Waals surface area contributed by atoms with Crippen LogP contribution in [0.15, 0.2) is 30.3 Å². The maximum atomic E-state index is 6.08. The van der Waals surface area contributed by atoms with Gasteiger partial charge >= 0.3 is 0 Å². The highest BCUT2D eigenvalue weighted by atomic mass is 16.7. The minimum atomic E-state index is 0.365. The topological polar surface area (TPSA) is 12.5 Å². The first-order valence-corrected chi connectivity index (χ1v) is 9.18. The quantitative estimate of drug-likeness (QED) is 0.329. The van der Waals surface area contributed by atoms with Crippen molar-refractivity contribution < 1.29 is 4.84 Å². The summed E-state index contributed by atoms with van der Waals surface area (Å²) < 4.78 is 0.